The second kappa shape index (κ2) is 2.94. The lowest BCUT2D eigenvalue weighted by atomic mass is 9.57. The van der Waals surface area contributed by atoms with Crippen LogP contribution in [0.5, 0.6) is 0 Å². The zero-order chi connectivity index (χ0) is 13.0. The molecule has 100 valence electrons. The molecule has 2 bridgehead atoms. The average molecular weight is 262 g/mol. The third-order valence-corrected chi connectivity index (χ3v) is 6.28. The number of cyclic esters (lactones) is 2. The van der Waals surface area contributed by atoms with Gasteiger partial charge in [0.05, 0.1) is 23.4 Å². The van der Waals surface area contributed by atoms with Crippen LogP contribution in [-0.4, -0.2) is 34.4 Å². The molecule has 0 aromatic heterocycles. The maximum Gasteiger partial charge on any atom is 0.342 e. The zero-order valence-corrected chi connectivity index (χ0v) is 10.2. The lowest BCUT2D eigenvalue weighted by Crippen LogP contribution is -2.45. The summed E-state index contributed by atoms with van der Waals surface area (Å²) in [5.41, 5.74) is 1.19. The van der Waals surface area contributed by atoms with Crippen LogP contribution in [0.4, 0.5) is 0 Å². The summed E-state index contributed by atoms with van der Waals surface area (Å²) in [6.45, 7) is 0. The van der Waals surface area contributed by atoms with Crippen LogP contribution < -0.4 is 0 Å². The quantitative estimate of drug-likeness (QED) is 0.459. The first-order chi connectivity index (χ1) is 9.09. The van der Waals surface area contributed by atoms with Gasteiger partial charge in [0.1, 0.15) is 0 Å². The molecule has 0 spiro atoms. The first kappa shape index (κ1) is 10.6. The van der Waals surface area contributed by atoms with Crippen molar-refractivity contribution in [1.82, 2.24) is 0 Å². The summed E-state index contributed by atoms with van der Waals surface area (Å²) in [6.07, 6.45) is 0.290. The van der Waals surface area contributed by atoms with Crippen molar-refractivity contribution >= 4 is 11.9 Å². The minimum atomic E-state index is -0.668. The highest BCUT2D eigenvalue weighted by molar-refractivity contribution is 6.15. The topological polar surface area (TPSA) is 83.8 Å². The first-order valence-corrected chi connectivity index (χ1v) is 6.96. The summed E-state index contributed by atoms with van der Waals surface area (Å²) in [4.78, 5) is 23.4. The van der Waals surface area contributed by atoms with Gasteiger partial charge in [-0.25, -0.2) is 9.59 Å². The summed E-state index contributed by atoms with van der Waals surface area (Å²) in [5, 5.41) is 20.0. The van der Waals surface area contributed by atoms with Gasteiger partial charge in [-0.15, -0.1) is 0 Å². The highest BCUT2D eigenvalue weighted by Crippen LogP contribution is 2.71. The summed E-state index contributed by atoms with van der Waals surface area (Å²) < 4.78 is 4.72. The van der Waals surface area contributed by atoms with Crippen molar-refractivity contribution in [2.45, 2.75) is 25.0 Å². The zero-order valence-electron chi connectivity index (χ0n) is 10.2. The highest BCUT2D eigenvalue weighted by Gasteiger charge is 2.71. The molecule has 3 saturated carbocycles. The Kier molecular flexibility index (Phi) is 1.63. The van der Waals surface area contributed by atoms with Crippen LogP contribution >= 0.6 is 0 Å². The molecule has 0 saturated heterocycles. The van der Waals surface area contributed by atoms with Gasteiger partial charge in [0.15, 0.2) is 0 Å². The van der Waals surface area contributed by atoms with Gasteiger partial charge in [-0.1, -0.05) is 0 Å². The third-order valence-electron chi connectivity index (χ3n) is 6.28. The van der Waals surface area contributed by atoms with Crippen LogP contribution in [-0.2, 0) is 14.3 Å². The molecule has 0 radical (unpaired) electrons. The maximum atomic E-state index is 11.7. The Balaban J connectivity index is 1.59. The van der Waals surface area contributed by atoms with E-state index in [0.29, 0.717) is 29.4 Å². The summed E-state index contributed by atoms with van der Waals surface area (Å²) in [6, 6.07) is 0. The molecule has 5 heteroatoms. The van der Waals surface area contributed by atoms with Gasteiger partial charge in [-0.3, -0.25) is 0 Å². The van der Waals surface area contributed by atoms with Crippen molar-refractivity contribution < 1.29 is 24.5 Å². The number of aliphatic hydroxyl groups excluding tert-OH is 2. The predicted octanol–water partition coefficient (Wildman–Crippen LogP) is -0.380. The molecular weight excluding hydrogens is 248 g/mol. The Labute approximate surface area is 109 Å². The van der Waals surface area contributed by atoms with E-state index in [1.54, 1.807) is 0 Å². The van der Waals surface area contributed by atoms with Crippen molar-refractivity contribution in [3.8, 4) is 0 Å². The monoisotopic (exact) mass is 262 g/mol. The van der Waals surface area contributed by atoms with Crippen LogP contribution in [0.1, 0.15) is 12.8 Å². The van der Waals surface area contributed by atoms with E-state index in [4.69, 9.17) is 4.74 Å². The molecule has 1 aliphatic heterocycles. The molecule has 3 fully saturated rings. The molecule has 0 aromatic rings. The number of rotatable bonds is 0. The van der Waals surface area contributed by atoms with Gasteiger partial charge in [0, 0.05) is 11.8 Å². The molecule has 5 aliphatic rings. The normalized spacial score (nSPS) is 56.9. The fourth-order valence-electron chi connectivity index (χ4n) is 5.83. The number of carbonyl (C=O) groups excluding carboxylic acids is 2. The smallest absolute Gasteiger partial charge is 0.342 e. The highest BCUT2D eigenvalue weighted by atomic mass is 16.6. The Hall–Kier alpha value is -1.20. The average Bonchev–Trinajstić information content (AvgIpc) is 2.93. The van der Waals surface area contributed by atoms with Gasteiger partial charge in [0.25, 0.3) is 0 Å². The van der Waals surface area contributed by atoms with Gasteiger partial charge >= 0.3 is 11.9 Å². The van der Waals surface area contributed by atoms with Crippen LogP contribution in [0.3, 0.4) is 0 Å². The Bertz CT molecular complexity index is 564. The maximum absolute atomic E-state index is 11.7. The van der Waals surface area contributed by atoms with E-state index in [1.165, 1.54) is 0 Å². The lowest BCUT2D eigenvalue weighted by molar-refractivity contribution is -0.150. The largest absolute Gasteiger partial charge is 0.390 e. The Morgan fingerprint density at radius 3 is 2.21 bits per heavy atom. The van der Waals surface area contributed by atoms with Gasteiger partial charge < -0.3 is 14.9 Å². The van der Waals surface area contributed by atoms with Gasteiger partial charge in [-0.05, 0) is 36.5 Å². The van der Waals surface area contributed by atoms with Gasteiger partial charge in [0.2, 0.25) is 0 Å². The van der Waals surface area contributed by atoms with Crippen molar-refractivity contribution in [3.63, 3.8) is 0 Å². The number of hydrogen-bond donors (Lipinski definition) is 2. The van der Waals surface area contributed by atoms with Crippen molar-refractivity contribution in [3.05, 3.63) is 11.1 Å². The molecule has 19 heavy (non-hydrogen) atoms. The second-order valence-corrected chi connectivity index (χ2v) is 6.65. The number of esters is 2. The predicted molar refractivity (Wildman–Crippen MR) is 60.3 cm³/mol. The van der Waals surface area contributed by atoms with E-state index in [9.17, 15) is 19.8 Å². The fourth-order valence-corrected chi connectivity index (χ4v) is 5.83. The molecule has 5 nitrogen and oxygen atoms in total. The second-order valence-electron chi connectivity index (χ2n) is 6.65. The molecule has 5 rings (SSSR count). The summed E-state index contributed by atoms with van der Waals surface area (Å²) in [7, 11) is 0. The van der Waals surface area contributed by atoms with Gasteiger partial charge in [-0.2, -0.15) is 0 Å². The Morgan fingerprint density at radius 2 is 1.53 bits per heavy atom. The molecule has 0 amide bonds. The number of fused-ring (bicyclic) bond motifs is 10. The Morgan fingerprint density at radius 1 is 0.895 bits per heavy atom. The number of carbonyl (C=O) groups is 2. The van der Waals surface area contributed by atoms with E-state index in [2.05, 4.69) is 0 Å². The number of hydrogen-bond acceptors (Lipinski definition) is 5. The first-order valence-electron chi connectivity index (χ1n) is 6.96. The molecule has 8 unspecified atom stereocenters. The van der Waals surface area contributed by atoms with Crippen molar-refractivity contribution in [2.75, 3.05) is 0 Å². The number of ether oxygens (including phenoxy) is 1. The van der Waals surface area contributed by atoms with Crippen molar-refractivity contribution in [1.29, 1.82) is 0 Å². The number of aliphatic hydroxyl groups is 2. The van der Waals surface area contributed by atoms with Crippen molar-refractivity contribution in [2.24, 2.45) is 35.5 Å². The van der Waals surface area contributed by atoms with Crippen LogP contribution in [0.2, 0.25) is 0 Å². The lowest BCUT2D eigenvalue weighted by Gasteiger charge is -2.44. The van der Waals surface area contributed by atoms with Crippen LogP contribution in [0.25, 0.3) is 0 Å². The standard InChI is InChI=1S/C14H14O5/c15-6-2-4-3-1-5(7(4)12(6)16)9-8(3)10-11(9)14(18)19-13(10)17/h3-9,12,15-16H,1-2H2. The van der Waals surface area contributed by atoms with E-state index in [1.807, 2.05) is 0 Å². The minimum Gasteiger partial charge on any atom is -0.390 e. The molecule has 0 aromatic carbocycles. The summed E-state index contributed by atoms with van der Waals surface area (Å²) in [5.74, 6) is 0.293. The van der Waals surface area contributed by atoms with Crippen LogP contribution in [0, 0.1) is 35.5 Å². The van der Waals surface area contributed by atoms with Crippen LogP contribution in [0.15, 0.2) is 11.1 Å². The van der Waals surface area contributed by atoms with E-state index in [-0.39, 0.29) is 23.7 Å². The molecule has 8 atom stereocenters. The third kappa shape index (κ3) is 0.933. The SMILES string of the molecule is O=C1OC(=O)C2=C1C1C3CC(C21)C1C(O)C(O)CC31. The fraction of sp³-hybridized carbons (Fsp3) is 0.714. The molecular formula is C14H14O5. The molecule has 4 aliphatic carbocycles. The van der Waals surface area contributed by atoms with E-state index in [0.717, 1.165) is 6.42 Å². The van der Waals surface area contributed by atoms with E-state index < -0.39 is 24.1 Å². The van der Waals surface area contributed by atoms with E-state index >= 15 is 0 Å². The summed E-state index contributed by atoms with van der Waals surface area (Å²) >= 11 is 0. The molecule has 2 N–H and O–H groups in total. The minimum absolute atomic E-state index is 0.0961. The molecule has 1 heterocycles.